The maximum absolute atomic E-state index is 13.5. The molecule has 0 saturated heterocycles. The van der Waals surface area contributed by atoms with Gasteiger partial charge in [0.1, 0.15) is 18.4 Å². The maximum atomic E-state index is 13.5. The van der Waals surface area contributed by atoms with Gasteiger partial charge in [0.15, 0.2) is 11.5 Å². The number of benzene rings is 2. The van der Waals surface area contributed by atoms with E-state index in [9.17, 15) is 18.3 Å². The first-order valence-corrected chi connectivity index (χ1v) is 14.3. The standard InChI is InChI=1S/C27H34N8O4S/c1-18(2)13-35(40(38,39)21-10-8-20(28)9-11-21)14-23(36)22(12-19-6-4-3-5-7-19)33-24(37)15-34-17-32-25-26(29)30-16-31-27(25)34/h3-11,16-18,22-23,36H,12-15,28H2,1-2H3,(H,33,37)(H2,29,30,31)/t22-,23+/m0/s1. The zero-order chi connectivity index (χ0) is 28.9. The second kappa shape index (κ2) is 12.4. The van der Waals surface area contributed by atoms with Crippen LogP contribution in [0.4, 0.5) is 11.5 Å². The van der Waals surface area contributed by atoms with E-state index in [1.165, 1.54) is 45.8 Å². The second-order valence-electron chi connectivity index (χ2n) is 10.0. The van der Waals surface area contributed by atoms with Gasteiger partial charge < -0.3 is 26.5 Å². The van der Waals surface area contributed by atoms with E-state index in [1.807, 2.05) is 44.2 Å². The van der Waals surface area contributed by atoms with Crippen LogP contribution >= 0.6 is 0 Å². The molecule has 1 amide bonds. The molecule has 2 aromatic carbocycles. The minimum Gasteiger partial charge on any atom is -0.399 e. The third-order valence-electron chi connectivity index (χ3n) is 6.33. The topological polar surface area (TPSA) is 182 Å². The number of aliphatic hydroxyl groups excluding tert-OH is 1. The number of aromatic nitrogens is 4. The summed E-state index contributed by atoms with van der Waals surface area (Å²) in [5.41, 5.74) is 13.7. The summed E-state index contributed by atoms with van der Waals surface area (Å²) < 4.78 is 29.9. The Morgan fingerprint density at radius 1 is 1.02 bits per heavy atom. The Hall–Kier alpha value is -4.07. The van der Waals surface area contributed by atoms with Crippen molar-refractivity contribution in [2.45, 2.75) is 43.9 Å². The lowest BCUT2D eigenvalue weighted by Crippen LogP contribution is -2.51. The number of nitrogens with one attached hydrogen (secondary N) is 1. The van der Waals surface area contributed by atoms with Crippen molar-refractivity contribution in [3.05, 3.63) is 72.8 Å². The van der Waals surface area contributed by atoms with Gasteiger partial charge in [-0.15, -0.1) is 0 Å². The fraction of sp³-hybridized carbons (Fsp3) is 0.333. The average Bonchev–Trinajstić information content (AvgIpc) is 3.32. The van der Waals surface area contributed by atoms with Gasteiger partial charge in [0.25, 0.3) is 0 Å². The van der Waals surface area contributed by atoms with Crippen molar-refractivity contribution in [3.63, 3.8) is 0 Å². The van der Waals surface area contributed by atoms with Gasteiger partial charge in [-0.2, -0.15) is 4.31 Å². The lowest BCUT2D eigenvalue weighted by molar-refractivity contribution is -0.123. The lowest BCUT2D eigenvalue weighted by atomic mass is 10.0. The molecule has 40 heavy (non-hydrogen) atoms. The molecule has 4 rings (SSSR count). The molecule has 0 aliphatic carbocycles. The number of imidazole rings is 1. The molecule has 4 aromatic rings. The molecule has 13 heteroatoms. The fourth-order valence-electron chi connectivity index (χ4n) is 4.38. The van der Waals surface area contributed by atoms with Crippen molar-refractivity contribution in [2.24, 2.45) is 5.92 Å². The summed E-state index contributed by atoms with van der Waals surface area (Å²) in [5.74, 6) is -0.218. The first-order chi connectivity index (χ1) is 19.0. The number of hydrogen-bond acceptors (Lipinski definition) is 9. The summed E-state index contributed by atoms with van der Waals surface area (Å²) >= 11 is 0. The van der Waals surface area contributed by atoms with Crippen LogP contribution in [0.5, 0.6) is 0 Å². The number of nitrogens with zero attached hydrogens (tertiary/aromatic N) is 5. The van der Waals surface area contributed by atoms with Crippen molar-refractivity contribution in [3.8, 4) is 0 Å². The third-order valence-corrected chi connectivity index (χ3v) is 8.18. The predicted octanol–water partition coefficient (Wildman–Crippen LogP) is 1.43. The van der Waals surface area contributed by atoms with Crippen LogP contribution in [0, 0.1) is 5.92 Å². The Morgan fingerprint density at radius 3 is 2.40 bits per heavy atom. The van der Waals surface area contributed by atoms with Gasteiger partial charge in [-0.3, -0.25) is 4.79 Å². The van der Waals surface area contributed by atoms with Crippen molar-refractivity contribution in [1.82, 2.24) is 29.1 Å². The van der Waals surface area contributed by atoms with Gasteiger partial charge >= 0.3 is 0 Å². The molecule has 212 valence electrons. The highest BCUT2D eigenvalue weighted by Crippen LogP contribution is 2.20. The molecule has 0 radical (unpaired) electrons. The number of carbonyl (C=O) groups is 1. The number of nitrogen functional groups attached to an aromatic ring is 2. The van der Waals surface area contributed by atoms with E-state index < -0.39 is 28.1 Å². The summed E-state index contributed by atoms with van der Waals surface area (Å²) in [6, 6.07) is 14.5. The minimum absolute atomic E-state index is 0.0122. The van der Waals surface area contributed by atoms with E-state index in [2.05, 4.69) is 20.3 Å². The molecular formula is C27H34N8O4S. The van der Waals surface area contributed by atoms with Gasteiger partial charge in [0.05, 0.1) is 23.4 Å². The van der Waals surface area contributed by atoms with Crippen LogP contribution < -0.4 is 16.8 Å². The molecule has 0 aliphatic rings. The van der Waals surface area contributed by atoms with Crippen LogP contribution in [0.1, 0.15) is 19.4 Å². The highest BCUT2D eigenvalue weighted by atomic mass is 32.2. The number of nitrogens with two attached hydrogens (primary N) is 2. The fourth-order valence-corrected chi connectivity index (χ4v) is 6.00. The Morgan fingerprint density at radius 2 is 1.73 bits per heavy atom. The number of hydrogen-bond donors (Lipinski definition) is 4. The zero-order valence-electron chi connectivity index (χ0n) is 22.4. The zero-order valence-corrected chi connectivity index (χ0v) is 23.2. The molecule has 0 spiro atoms. The van der Waals surface area contributed by atoms with Gasteiger partial charge in [-0.1, -0.05) is 44.2 Å². The first-order valence-electron chi connectivity index (χ1n) is 12.8. The number of rotatable bonds is 12. The largest absolute Gasteiger partial charge is 0.399 e. The van der Waals surface area contributed by atoms with Gasteiger partial charge in [0.2, 0.25) is 15.9 Å². The normalized spacial score (nSPS) is 13.5. The summed E-state index contributed by atoms with van der Waals surface area (Å²) in [6.45, 7) is 3.61. The highest BCUT2D eigenvalue weighted by Gasteiger charge is 2.31. The van der Waals surface area contributed by atoms with E-state index in [-0.39, 0.29) is 42.7 Å². The van der Waals surface area contributed by atoms with E-state index >= 15 is 0 Å². The Labute approximate surface area is 233 Å². The summed E-state index contributed by atoms with van der Waals surface area (Å²) in [6.07, 6.45) is 1.80. The molecule has 2 heterocycles. The minimum atomic E-state index is -3.95. The Kier molecular flexibility index (Phi) is 8.97. The van der Waals surface area contributed by atoms with Gasteiger partial charge in [-0.25, -0.2) is 23.4 Å². The van der Waals surface area contributed by atoms with Crippen LogP contribution in [0.2, 0.25) is 0 Å². The molecule has 0 bridgehead atoms. The molecule has 0 saturated carbocycles. The number of sulfonamides is 1. The van der Waals surface area contributed by atoms with E-state index in [4.69, 9.17) is 11.5 Å². The molecule has 0 unspecified atom stereocenters. The number of amides is 1. The van der Waals surface area contributed by atoms with Crippen LogP contribution in [-0.4, -0.2) is 68.5 Å². The van der Waals surface area contributed by atoms with Crippen molar-refractivity contribution in [1.29, 1.82) is 0 Å². The molecular weight excluding hydrogens is 532 g/mol. The SMILES string of the molecule is CC(C)CN(C[C@@H](O)[C@H](Cc1ccccc1)NC(=O)Cn1cnc2c(N)ncnc21)S(=O)(=O)c1ccc(N)cc1. The monoisotopic (exact) mass is 566 g/mol. The van der Waals surface area contributed by atoms with Crippen LogP contribution in [-0.2, 0) is 27.8 Å². The molecule has 0 aliphatic heterocycles. The predicted molar refractivity (Wildman–Crippen MR) is 152 cm³/mol. The average molecular weight is 567 g/mol. The third kappa shape index (κ3) is 6.92. The summed E-state index contributed by atoms with van der Waals surface area (Å²) in [7, 11) is -3.95. The van der Waals surface area contributed by atoms with Crippen LogP contribution in [0.25, 0.3) is 11.2 Å². The molecule has 0 fully saturated rings. The number of fused-ring (bicyclic) bond motifs is 1. The Balaban J connectivity index is 1.57. The van der Waals surface area contributed by atoms with E-state index in [1.54, 1.807) is 0 Å². The second-order valence-corrected chi connectivity index (χ2v) is 12.0. The quantitative estimate of drug-likeness (QED) is 0.184. The summed E-state index contributed by atoms with van der Waals surface area (Å²) in [4.78, 5) is 25.5. The Bertz CT molecular complexity index is 1540. The van der Waals surface area contributed by atoms with Crippen LogP contribution in [0.3, 0.4) is 0 Å². The van der Waals surface area contributed by atoms with Gasteiger partial charge in [0, 0.05) is 18.8 Å². The van der Waals surface area contributed by atoms with Crippen molar-refractivity contribution in [2.75, 3.05) is 24.6 Å². The van der Waals surface area contributed by atoms with E-state index in [0.29, 0.717) is 16.9 Å². The number of aliphatic hydroxyl groups is 1. The van der Waals surface area contributed by atoms with Gasteiger partial charge in [-0.05, 0) is 42.2 Å². The molecule has 6 N–H and O–H groups in total. The lowest BCUT2D eigenvalue weighted by Gasteiger charge is -2.31. The van der Waals surface area contributed by atoms with Crippen molar-refractivity contribution >= 4 is 38.6 Å². The number of anilines is 2. The van der Waals surface area contributed by atoms with Crippen molar-refractivity contribution < 1.29 is 18.3 Å². The highest BCUT2D eigenvalue weighted by molar-refractivity contribution is 7.89. The molecule has 2 aromatic heterocycles. The summed E-state index contributed by atoms with van der Waals surface area (Å²) in [5, 5.41) is 14.3. The van der Waals surface area contributed by atoms with E-state index in [0.717, 1.165) is 5.56 Å². The maximum Gasteiger partial charge on any atom is 0.243 e. The first kappa shape index (κ1) is 28.9. The smallest absolute Gasteiger partial charge is 0.243 e. The number of carbonyl (C=O) groups excluding carboxylic acids is 1. The molecule has 2 atom stereocenters. The molecule has 12 nitrogen and oxygen atoms in total. The van der Waals surface area contributed by atoms with Crippen LogP contribution in [0.15, 0.2) is 72.1 Å².